The highest BCUT2D eigenvalue weighted by Gasteiger charge is 2.37. The minimum Gasteiger partial charge on any atom is -0.153 e. The molecule has 0 saturated carbocycles. The summed E-state index contributed by atoms with van der Waals surface area (Å²) in [6.45, 7) is 2.36. The maximum Gasteiger partial charge on any atom is 0.0366 e. The zero-order valence-electron chi connectivity index (χ0n) is 10.5. The van der Waals surface area contributed by atoms with E-state index in [1.807, 2.05) is 0 Å². The van der Waals surface area contributed by atoms with Gasteiger partial charge >= 0.3 is 0 Å². The van der Waals surface area contributed by atoms with Gasteiger partial charge < -0.3 is 0 Å². The molecule has 0 spiro atoms. The average molecular weight is 252 g/mol. The lowest BCUT2D eigenvalue weighted by Gasteiger charge is -2.31. The van der Waals surface area contributed by atoms with E-state index >= 15 is 0 Å². The van der Waals surface area contributed by atoms with Crippen molar-refractivity contribution in [3.63, 3.8) is 0 Å². The second-order valence-corrected chi connectivity index (χ2v) is 6.59. The number of hydrogen-bond acceptors (Lipinski definition) is 1. The van der Waals surface area contributed by atoms with Gasteiger partial charge in [-0.3, -0.25) is 0 Å². The topological polar surface area (TPSA) is 0 Å². The van der Waals surface area contributed by atoms with Crippen molar-refractivity contribution in [2.24, 2.45) is 11.8 Å². The van der Waals surface area contributed by atoms with Crippen molar-refractivity contribution in [1.82, 2.24) is 0 Å². The van der Waals surface area contributed by atoms with Gasteiger partial charge in [-0.1, -0.05) is 61.1 Å². The minimum absolute atomic E-state index is 0.592. The van der Waals surface area contributed by atoms with E-state index in [9.17, 15) is 0 Å². The van der Waals surface area contributed by atoms with E-state index in [-0.39, 0.29) is 0 Å². The first-order valence-corrected chi connectivity index (χ1v) is 7.70. The fraction of sp³-hybridized carbons (Fsp3) is 0.294. The summed E-state index contributed by atoms with van der Waals surface area (Å²) < 4.78 is 0. The second kappa shape index (κ2) is 3.89. The van der Waals surface area contributed by atoms with Crippen molar-refractivity contribution >= 4 is 23.4 Å². The largest absolute Gasteiger partial charge is 0.153 e. The highest BCUT2D eigenvalue weighted by atomic mass is 32.2. The van der Waals surface area contributed by atoms with Gasteiger partial charge in [-0.15, -0.1) is 0 Å². The molecule has 1 aliphatic heterocycles. The Morgan fingerprint density at radius 1 is 1.17 bits per heavy atom. The van der Waals surface area contributed by atoms with E-state index in [0.717, 1.165) is 5.92 Å². The van der Waals surface area contributed by atoms with Crippen LogP contribution in [0.3, 0.4) is 0 Å². The van der Waals surface area contributed by atoms with Crippen molar-refractivity contribution in [3.8, 4) is 0 Å². The first-order chi connectivity index (χ1) is 8.84. The maximum absolute atomic E-state index is 2.41. The molecular formula is C17H16S. The number of fused-ring (bicyclic) bond motifs is 5. The first-order valence-electron chi connectivity index (χ1n) is 6.65. The Labute approximate surface area is 112 Å². The van der Waals surface area contributed by atoms with Crippen molar-refractivity contribution < 1.29 is 0 Å². The van der Waals surface area contributed by atoms with E-state index in [0.29, 0.717) is 11.2 Å². The Morgan fingerprint density at radius 2 is 2.06 bits per heavy atom. The summed E-state index contributed by atoms with van der Waals surface area (Å²) in [7, 11) is 0. The summed E-state index contributed by atoms with van der Waals surface area (Å²) >= 11 is 2.13. The molecule has 1 heterocycles. The van der Waals surface area contributed by atoms with E-state index < -0.39 is 0 Å². The average Bonchev–Trinajstić information content (AvgIpc) is 2.80. The van der Waals surface area contributed by atoms with Crippen molar-refractivity contribution in [3.05, 3.63) is 59.2 Å². The van der Waals surface area contributed by atoms with Crippen molar-refractivity contribution in [2.75, 3.05) is 5.75 Å². The molecule has 3 unspecified atom stereocenters. The lowest BCUT2D eigenvalue weighted by atomic mass is 9.76. The molecule has 4 rings (SSSR count). The molecule has 0 N–H and O–H groups in total. The number of thioether (sulfide) groups is 1. The molecule has 0 radical (unpaired) electrons. The molecular weight excluding hydrogens is 236 g/mol. The Balaban J connectivity index is 1.87. The van der Waals surface area contributed by atoms with Gasteiger partial charge in [0.25, 0.3) is 0 Å². The molecule has 0 nitrogen and oxygen atoms in total. The molecule has 1 aromatic rings. The van der Waals surface area contributed by atoms with E-state index in [1.54, 1.807) is 5.57 Å². The summed E-state index contributed by atoms with van der Waals surface area (Å²) in [6, 6.07) is 8.76. The standard InChI is InChI=1S/C17H16S/c1-11-10-18-17-13(11)8-9-15-14-5-3-2-4-12(14)6-7-16(15)17/h2-9,11,16-17H,10H2,1H3. The molecule has 1 fully saturated rings. The van der Waals surface area contributed by atoms with Gasteiger partial charge in [-0.25, -0.2) is 0 Å². The van der Waals surface area contributed by atoms with E-state index in [1.165, 1.54) is 22.5 Å². The van der Waals surface area contributed by atoms with Crippen LogP contribution in [0.2, 0.25) is 0 Å². The molecule has 3 aliphatic rings. The lowest BCUT2D eigenvalue weighted by Crippen LogP contribution is -2.22. The molecule has 3 atom stereocenters. The third-order valence-electron chi connectivity index (χ3n) is 4.32. The van der Waals surface area contributed by atoms with E-state index in [4.69, 9.17) is 0 Å². The number of rotatable bonds is 0. The van der Waals surface area contributed by atoms with Gasteiger partial charge in [-0.05, 0) is 22.6 Å². The van der Waals surface area contributed by atoms with Crippen LogP contribution in [0.25, 0.3) is 11.6 Å². The predicted molar refractivity (Wildman–Crippen MR) is 80.4 cm³/mol. The number of allylic oxidation sites excluding steroid dienone is 4. The van der Waals surface area contributed by atoms with Crippen LogP contribution in [0.1, 0.15) is 18.1 Å². The monoisotopic (exact) mass is 252 g/mol. The SMILES string of the molecule is CC1CSC2C1=CC=C1c3ccccc3C=CC12. The van der Waals surface area contributed by atoms with Crippen LogP contribution >= 0.6 is 11.8 Å². The zero-order valence-corrected chi connectivity index (χ0v) is 11.3. The molecule has 1 aromatic carbocycles. The third kappa shape index (κ3) is 1.40. The Bertz CT molecular complexity index is 591. The summed E-state index contributed by atoms with van der Waals surface area (Å²) in [5.41, 5.74) is 5.97. The maximum atomic E-state index is 2.41. The smallest absolute Gasteiger partial charge is 0.0366 e. The van der Waals surface area contributed by atoms with Crippen LogP contribution in [-0.4, -0.2) is 11.0 Å². The fourth-order valence-corrected chi connectivity index (χ4v) is 4.97. The van der Waals surface area contributed by atoms with Crippen LogP contribution in [0.4, 0.5) is 0 Å². The molecule has 1 heteroatoms. The lowest BCUT2D eigenvalue weighted by molar-refractivity contribution is 0.720. The summed E-state index contributed by atoms with van der Waals surface area (Å²) in [6.07, 6.45) is 9.47. The van der Waals surface area contributed by atoms with Crippen LogP contribution in [0.15, 0.2) is 48.1 Å². The molecule has 0 bridgehead atoms. The quantitative estimate of drug-likeness (QED) is 0.659. The third-order valence-corrected chi connectivity index (χ3v) is 5.94. The van der Waals surface area contributed by atoms with Gasteiger partial charge in [0.05, 0.1) is 0 Å². The first kappa shape index (κ1) is 10.7. The molecule has 1 saturated heterocycles. The number of benzene rings is 1. The van der Waals surface area contributed by atoms with Crippen LogP contribution in [0.5, 0.6) is 0 Å². The minimum atomic E-state index is 0.592. The van der Waals surface area contributed by atoms with Gasteiger partial charge in [0.15, 0.2) is 0 Å². The molecule has 0 amide bonds. The van der Waals surface area contributed by atoms with Crippen LogP contribution in [-0.2, 0) is 0 Å². The highest BCUT2D eigenvalue weighted by molar-refractivity contribution is 8.00. The van der Waals surface area contributed by atoms with Gasteiger partial charge in [-0.2, -0.15) is 11.8 Å². The molecule has 90 valence electrons. The van der Waals surface area contributed by atoms with Crippen LogP contribution < -0.4 is 0 Å². The Kier molecular flexibility index (Phi) is 2.31. The van der Waals surface area contributed by atoms with Gasteiger partial charge in [0.1, 0.15) is 0 Å². The summed E-state index contributed by atoms with van der Waals surface area (Å²) in [5, 5.41) is 0.685. The Morgan fingerprint density at radius 3 is 3.00 bits per heavy atom. The summed E-state index contributed by atoms with van der Waals surface area (Å²) in [4.78, 5) is 0. The van der Waals surface area contributed by atoms with E-state index in [2.05, 4.69) is 67.3 Å². The molecule has 0 aromatic heterocycles. The summed E-state index contributed by atoms with van der Waals surface area (Å²) in [5.74, 6) is 2.63. The van der Waals surface area contributed by atoms with Crippen molar-refractivity contribution in [2.45, 2.75) is 12.2 Å². The number of hydrogen-bond donors (Lipinski definition) is 0. The zero-order chi connectivity index (χ0) is 12.1. The fourth-order valence-electron chi connectivity index (χ4n) is 3.34. The normalized spacial score (nSPS) is 32.2. The predicted octanol–water partition coefficient (Wildman–Crippen LogP) is 4.40. The second-order valence-electron chi connectivity index (χ2n) is 5.42. The Hall–Kier alpha value is -1.21. The van der Waals surface area contributed by atoms with Gasteiger partial charge in [0, 0.05) is 16.9 Å². The van der Waals surface area contributed by atoms with Gasteiger partial charge in [0.2, 0.25) is 0 Å². The molecule has 18 heavy (non-hydrogen) atoms. The molecule has 2 aliphatic carbocycles. The van der Waals surface area contributed by atoms with Crippen molar-refractivity contribution in [1.29, 1.82) is 0 Å². The van der Waals surface area contributed by atoms with Crippen LogP contribution in [0, 0.1) is 11.8 Å². The highest BCUT2D eigenvalue weighted by Crippen LogP contribution is 2.49.